The zero-order valence-electron chi connectivity index (χ0n) is 15.4. The molecule has 5 heteroatoms. The van der Waals surface area contributed by atoms with Crippen molar-refractivity contribution >= 4 is 17.1 Å². The predicted octanol–water partition coefficient (Wildman–Crippen LogP) is 6.38. The van der Waals surface area contributed by atoms with Crippen molar-refractivity contribution in [3.05, 3.63) is 107 Å². The molecule has 0 unspecified atom stereocenters. The number of hydrogen-bond acceptors (Lipinski definition) is 4. The SMILES string of the molecule is O=[N+]([O-])c1ccc(-c2cccc(O)c2)cc1Nc1cccc(-c2ccccc2)c1. The van der Waals surface area contributed by atoms with Gasteiger partial charge in [0.25, 0.3) is 5.69 Å². The van der Waals surface area contributed by atoms with E-state index in [1.807, 2.05) is 60.7 Å². The normalized spacial score (nSPS) is 10.5. The predicted molar refractivity (Wildman–Crippen MR) is 115 cm³/mol. The highest BCUT2D eigenvalue weighted by molar-refractivity contribution is 5.79. The molecule has 0 heterocycles. The van der Waals surface area contributed by atoms with Crippen LogP contribution >= 0.6 is 0 Å². The minimum atomic E-state index is -0.407. The Kier molecular flexibility index (Phi) is 4.95. The van der Waals surface area contributed by atoms with Crippen LogP contribution in [0.15, 0.2) is 97.1 Å². The van der Waals surface area contributed by atoms with Crippen molar-refractivity contribution in [2.75, 3.05) is 5.32 Å². The van der Waals surface area contributed by atoms with Gasteiger partial charge in [-0.3, -0.25) is 10.1 Å². The smallest absolute Gasteiger partial charge is 0.292 e. The maximum absolute atomic E-state index is 11.5. The molecule has 0 aliphatic heterocycles. The van der Waals surface area contributed by atoms with Gasteiger partial charge in [-0.1, -0.05) is 54.6 Å². The van der Waals surface area contributed by atoms with Gasteiger partial charge < -0.3 is 10.4 Å². The number of nitrogens with zero attached hydrogens (tertiary/aromatic N) is 1. The summed E-state index contributed by atoms with van der Waals surface area (Å²) in [7, 11) is 0. The molecule has 4 aromatic rings. The van der Waals surface area contributed by atoms with Crippen LogP contribution < -0.4 is 5.32 Å². The van der Waals surface area contributed by atoms with Crippen LogP contribution in [0.25, 0.3) is 22.3 Å². The third kappa shape index (κ3) is 4.09. The van der Waals surface area contributed by atoms with Gasteiger partial charge in [-0.25, -0.2) is 0 Å². The van der Waals surface area contributed by atoms with E-state index in [-0.39, 0.29) is 11.4 Å². The van der Waals surface area contributed by atoms with Gasteiger partial charge in [0.15, 0.2) is 0 Å². The van der Waals surface area contributed by atoms with Gasteiger partial charge in [0, 0.05) is 11.8 Å². The third-order valence-electron chi connectivity index (χ3n) is 4.62. The standard InChI is InChI=1S/C24H18N2O3/c27-22-11-5-9-19(15-22)20-12-13-24(26(28)29)23(16-20)25-21-10-4-8-18(14-21)17-6-2-1-3-7-17/h1-16,25,27H. The Labute approximate surface area is 168 Å². The van der Waals surface area contributed by atoms with E-state index >= 15 is 0 Å². The number of nitro groups is 1. The van der Waals surface area contributed by atoms with Crippen LogP contribution in [0.2, 0.25) is 0 Å². The van der Waals surface area contributed by atoms with E-state index in [0.29, 0.717) is 5.69 Å². The first kappa shape index (κ1) is 18.3. The van der Waals surface area contributed by atoms with Crippen LogP contribution in [0, 0.1) is 10.1 Å². The number of benzene rings is 4. The lowest BCUT2D eigenvalue weighted by Gasteiger charge is -2.11. The van der Waals surface area contributed by atoms with E-state index in [1.54, 1.807) is 30.3 Å². The number of nitro benzene ring substituents is 1. The second-order valence-corrected chi connectivity index (χ2v) is 6.61. The maximum atomic E-state index is 11.5. The fraction of sp³-hybridized carbons (Fsp3) is 0. The average molecular weight is 382 g/mol. The Bertz CT molecular complexity index is 1170. The van der Waals surface area contributed by atoms with E-state index in [0.717, 1.165) is 27.9 Å². The van der Waals surface area contributed by atoms with Crippen LogP contribution in [0.1, 0.15) is 0 Å². The summed E-state index contributed by atoms with van der Waals surface area (Å²) >= 11 is 0. The number of phenols is 1. The second kappa shape index (κ2) is 7.86. The topological polar surface area (TPSA) is 75.4 Å². The van der Waals surface area contributed by atoms with E-state index in [9.17, 15) is 15.2 Å². The zero-order valence-corrected chi connectivity index (χ0v) is 15.4. The van der Waals surface area contributed by atoms with Gasteiger partial charge in [0.1, 0.15) is 11.4 Å². The lowest BCUT2D eigenvalue weighted by Crippen LogP contribution is -1.98. The summed E-state index contributed by atoms with van der Waals surface area (Å²) in [5.41, 5.74) is 4.76. The summed E-state index contributed by atoms with van der Waals surface area (Å²) in [4.78, 5) is 11.1. The molecule has 0 radical (unpaired) electrons. The highest BCUT2D eigenvalue weighted by atomic mass is 16.6. The van der Waals surface area contributed by atoms with Gasteiger partial charge in [-0.15, -0.1) is 0 Å². The Morgan fingerprint density at radius 1 is 0.690 bits per heavy atom. The van der Waals surface area contributed by atoms with Gasteiger partial charge in [0.05, 0.1) is 4.92 Å². The molecule has 0 spiro atoms. The van der Waals surface area contributed by atoms with Gasteiger partial charge >= 0.3 is 0 Å². The fourth-order valence-corrected chi connectivity index (χ4v) is 3.22. The Balaban J connectivity index is 1.72. The summed E-state index contributed by atoms with van der Waals surface area (Å²) in [5.74, 6) is 0.144. The van der Waals surface area contributed by atoms with Crippen LogP contribution in [0.5, 0.6) is 5.75 Å². The Morgan fingerprint density at radius 3 is 2.07 bits per heavy atom. The van der Waals surface area contributed by atoms with Crippen LogP contribution in [-0.4, -0.2) is 10.0 Å². The zero-order chi connectivity index (χ0) is 20.2. The first-order chi connectivity index (χ1) is 14.1. The largest absolute Gasteiger partial charge is 0.508 e. The highest BCUT2D eigenvalue weighted by Gasteiger charge is 2.15. The van der Waals surface area contributed by atoms with Crippen LogP contribution in [-0.2, 0) is 0 Å². The second-order valence-electron chi connectivity index (χ2n) is 6.61. The molecule has 4 rings (SSSR count). The van der Waals surface area contributed by atoms with E-state index in [1.165, 1.54) is 6.07 Å². The minimum Gasteiger partial charge on any atom is -0.508 e. The minimum absolute atomic E-state index is 0.0148. The van der Waals surface area contributed by atoms with Crippen molar-refractivity contribution in [3.8, 4) is 28.0 Å². The van der Waals surface area contributed by atoms with Crippen molar-refractivity contribution in [2.24, 2.45) is 0 Å². The molecule has 2 N–H and O–H groups in total. The summed E-state index contributed by atoms with van der Waals surface area (Å²) in [6.07, 6.45) is 0. The van der Waals surface area contributed by atoms with Crippen LogP contribution in [0.3, 0.4) is 0 Å². The lowest BCUT2D eigenvalue weighted by atomic mass is 10.0. The molecule has 5 nitrogen and oxygen atoms in total. The molecular weight excluding hydrogens is 364 g/mol. The Hall–Kier alpha value is -4.12. The number of phenolic OH excluding ortho intramolecular Hbond substituents is 1. The molecule has 29 heavy (non-hydrogen) atoms. The lowest BCUT2D eigenvalue weighted by molar-refractivity contribution is -0.383. The number of hydrogen-bond donors (Lipinski definition) is 2. The molecule has 0 saturated heterocycles. The molecule has 0 aromatic heterocycles. The molecular formula is C24H18N2O3. The van der Waals surface area contributed by atoms with Gasteiger partial charge in [-0.05, 0) is 58.7 Å². The summed E-state index contributed by atoms with van der Waals surface area (Å²) in [5, 5.41) is 24.4. The molecule has 0 bridgehead atoms. The fourth-order valence-electron chi connectivity index (χ4n) is 3.22. The van der Waals surface area contributed by atoms with Crippen molar-refractivity contribution in [3.63, 3.8) is 0 Å². The van der Waals surface area contributed by atoms with E-state index < -0.39 is 4.92 Å². The van der Waals surface area contributed by atoms with E-state index in [4.69, 9.17) is 0 Å². The number of rotatable bonds is 5. The third-order valence-corrected chi connectivity index (χ3v) is 4.62. The average Bonchev–Trinajstić information content (AvgIpc) is 2.74. The number of nitrogens with one attached hydrogen (secondary N) is 1. The molecule has 0 aliphatic rings. The monoisotopic (exact) mass is 382 g/mol. The highest BCUT2D eigenvalue weighted by Crippen LogP contribution is 2.34. The first-order valence-corrected chi connectivity index (χ1v) is 9.10. The maximum Gasteiger partial charge on any atom is 0.292 e. The van der Waals surface area contributed by atoms with Crippen molar-refractivity contribution < 1.29 is 10.0 Å². The molecule has 0 amide bonds. The molecule has 0 saturated carbocycles. The van der Waals surface area contributed by atoms with Crippen molar-refractivity contribution in [1.82, 2.24) is 0 Å². The van der Waals surface area contributed by atoms with Crippen molar-refractivity contribution in [2.45, 2.75) is 0 Å². The van der Waals surface area contributed by atoms with Crippen LogP contribution in [0.4, 0.5) is 17.1 Å². The molecule has 0 aliphatic carbocycles. The first-order valence-electron chi connectivity index (χ1n) is 9.10. The number of aromatic hydroxyl groups is 1. The van der Waals surface area contributed by atoms with E-state index in [2.05, 4.69) is 5.32 Å². The Morgan fingerprint density at radius 2 is 1.34 bits per heavy atom. The van der Waals surface area contributed by atoms with Crippen molar-refractivity contribution in [1.29, 1.82) is 0 Å². The summed E-state index contributed by atoms with van der Waals surface area (Å²) in [6.45, 7) is 0. The summed E-state index contributed by atoms with van der Waals surface area (Å²) < 4.78 is 0. The molecule has 142 valence electrons. The number of anilines is 2. The summed E-state index contributed by atoms with van der Waals surface area (Å²) in [6, 6.07) is 29.4. The van der Waals surface area contributed by atoms with Gasteiger partial charge in [-0.2, -0.15) is 0 Å². The van der Waals surface area contributed by atoms with Gasteiger partial charge in [0.2, 0.25) is 0 Å². The molecule has 4 aromatic carbocycles. The quantitative estimate of drug-likeness (QED) is 0.310. The molecule has 0 fully saturated rings. The molecule has 0 atom stereocenters.